The first kappa shape index (κ1) is 14.3. The zero-order chi connectivity index (χ0) is 13.8. The molecular formula is C15H25N3O. The van der Waals surface area contributed by atoms with Crippen LogP contribution in [-0.4, -0.2) is 48.7 Å². The predicted molar refractivity (Wildman–Crippen MR) is 78.4 cm³/mol. The SMILES string of the molecule is Cc1cc(N(C)CC2CCN(C)CC2)c(CO)cn1. The number of piperidine rings is 1. The zero-order valence-electron chi connectivity index (χ0n) is 12.3. The lowest BCUT2D eigenvalue weighted by Crippen LogP contribution is -2.36. The predicted octanol–water partition coefficient (Wildman–Crippen LogP) is 1.66. The van der Waals surface area contributed by atoms with E-state index in [0.717, 1.165) is 29.4 Å². The summed E-state index contributed by atoms with van der Waals surface area (Å²) in [6.45, 7) is 5.50. The molecule has 1 aliphatic heterocycles. The number of likely N-dealkylation sites (tertiary alicyclic amines) is 1. The van der Waals surface area contributed by atoms with E-state index in [1.54, 1.807) is 6.20 Å². The molecule has 1 saturated heterocycles. The van der Waals surface area contributed by atoms with Crippen LogP contribution in [0, 0.1) is 12.8 Å². The molecule has 1 fully saturated rings. The molecular weight excluding hydrogens is 238 g/mol. The van der Waals surface area contributed by atoms with E-state index in [0.29, 0.717) is 0 Å². The average molecular weight is 263 g/mol. The molecule has 0 radical (unpaired) electrons. The van der Waals surface area contributed by atoms with Gasteiger partial charge in [0.1, 0.15) is 0 Å². The van der Waals surface area contributed by atoms with E-state index in [2.05, 4.69) is 34.9 Å². The molecule has 0 bridgehead atoms. The summed E-state index contributed by atoms with van der Waals surface area (Å²) >= 11 is 0. The molecule has 0 saturated carbocycles. The molecule has 0 aromatic carbocycles. The van der Waals surface area contributed by atoms with Crippen molar-refractivity contribution in [1.29, 1.82) is 0 Å². The summed E-state index contributed by atoms with van der Waals surface area (Å²) in [5, 5.41) is 9.43. The maximum absolute atomic E-state index is 9.43. The third kappa shape index (κ3) is 3.67. The van der Waals surface area contributed by atoms with Crippen LogP contribution in [-0.2, 0) is 6.61 Å². The Morgan fingerprint density at radius 1 is 1.42 bits per heavy atom. The van der Waals surface area contributed by atoms with E-state index in [1.807, 2.05) is 6.92 Å². The summed E-state index contributed by atoms with van der Waals surface area (Å²) in [6, 6.07) is 2.07. The van der Waals surface area contributed by atoms with E-state index in [1.165, 1.54) is 25.9 Å². The highest BCUT2D eigenvalue weighted by molar-refractivity contribution is 5.52. The molecule has 4 heteroatoms. The number of aromatic nitrogens is 1. The fourth-order valence-electron chi connectivity index (χ4n) is 2.78. The number of aliphatic hydroxyl groups is 1. The van der Waals surface area contributed by atoms with Crippen LogP contribution in [0.1, 0.15) is 24.1 Å². The molecule has 0 unspecified atom stereocenters. The summed E-state index contributed by atoms with van der Waals surface area (Å²) in [7, 11) is 4.31. The second kappa shape index (κ2) is 6.35. The normalized spacial score (nSPS) is 17.7. The Balaban J connectivity index is 2.03. The van der Waals surface area contributed by atoms with Crippen LogP contribution in [0.4, 0.5) is 5.69 Å². The van der Waals surface area contributed by atoms with Crippen molar-refractivity contribution in [3.8, 4) is 0 Å². The van der Waals surface area contributed by atoms with Crippen molar-refractivity contribution >= 4 is 5.69 Å². The first-order valence-corrected chi connectivity index (χ1v) is 7.06. The van der Waals surface area contributed by atoms with Gasteiger partial charge in [0.15, 0.2) is 0 Å². The van der Waals surface area contributed by atoms with Gasteiger partial charge in [-0.3, -0.25) is 4.98 Å². The summed E-state index contributed by atoms with van der Waals surface area (Å²) in [5.41, 5.74) is 3.04. The Labute approximate surface area is 116 Å². The first-order chi connectivity index (χ1) is 9.10. The largest absolute Gasteiger partial charge is 0.392 e. The van der Waals surface area contributed by atoms with E-state index in [-0.39, 0.29) is 6.61 Å². The van der Waals surface area contributed by atoms with E-state index in [4.69, 9.17) is 0 Å². The monoisotopic (exact) mass is 263 g/mol. The van der Waals surface area contributed by atoms with Crippen LogP contribution in [0.2, 0.25) is 0 Å². The standard InChI is InChI=1S/C15H25N3O/c1-12-8-15(14(11-19)9-16-12)18(3)10-13-4-6-17(2)7-5-13/h8-9,13,19H,4-7,10-11H2,1-3H3. The molecule has 1 aliphatic rings. The maximum Gasteiger partial charge on any atom is 0.0717 e. The molecule has 1 N–H and O–H groups in total. The third-order valence-corrected chi connectivity index (χ3v) is 4.05. The summed E-state index contributed by atoms with van der Waals surface area (Å²) in [5.74, 6) is 0.751. The number of nitrogens with zero attached hydrogens (tertiary/aromatic N) is 3. The Morgan fingerprint density at radius 3 is 2.74 bits per heavy atom. The molecule has 1 aromatic heterocycles. The van der Waals surface area contributed by atoms with Crippen LogP contribution in [0.5, 0.6) is 0 Å². The lowest BCUT2D eigenvalue weighted by molar-refractivity contribution is 0.222. The lowest BCUT2D eigenvalue weighted by Gasteiger charge is -2.33. The minimum atomic E-state index is 0.0559. The van der Waals surface area contributed by atoms with Crippen LogP contribution >= 0.6 is 0 Å². The zero-order valence-corrected chi connectivity index (χ0v) is 12.3. The molecule has 2 rings (SSSR count). The Bertz CT molecular complexity index is 414. The quantitative estimate of drug-likeness (QED) is 0.897. The van der Waals surface area contributed by atoms with Crippen LogP contribution in [0.25, 0.3) is 0 Å². The van der Waals surface area contributed by atoms with Crippen LogP contribution in [0.15, 0.2) is 12.3 Å². The number of hydrogen-bond donors (Lipinski definition) is 1. The smallest absolute Gasteiger partial charge is 0.0717 e. The van der Waals surface area contributed by atoms with Crippen molar-refractivity contribution < 1.29 is 5.11 Å². The van der Waals surface area contributed by atoms with Gasteiger partial charge in [-0.2, -0.15) is 0 Å². The number of aryl methyl sites for hydroxylation is 1. The van der Waals surface area contributed by atoms with Gasteiger partial charge in [0.2, 0.25) is 0 Å². The van der Waals surface area contributed by atoms with Gasteiger partial charge in [-0.25, -0.2) is 0 Å². The molecule has 0 aliphatic carbocycles. The van der Waals surface area contributed by atoms with E-state index < -0.39 is 0 Å². The Hall–Kier alpha value is -1.13. The number of anilines is 1. The summed E-state index contributed by atoms with van der Waals surface area (Å²) in [6.07, 6.45) is 4.31. The first-order valence-electron chi connectivity index (χ1n) is 7.06. The number of pyridine rings is 1. The summed E-state index contributed by atoms with van der Waals surface area (Å²) in [4.78, 5) is 8.93. The maximum atomic E-state index is 9.43. The molecule has 1 aromatic rings. The molecule has 4 nitrogen and oxygen atoms in total. The fraction of sp³-hybridized carbons (Fsp3) is 0.667. The van der Waals surface area contributed by atoms with Gasteiger partial charge in [-0.05, 0) is 51.9 Å². The van der Waals surface area contributed by atoms with Crippen molar-refractivity contribution in [2.24, 2.45) is 5.92 Å². The van der Waals surface area contributed by atoms with Gasteiger partial charge >= 0.3 is 0 Å². The minimum absolute atomic E-state index is 0.0559. The molecule has 19 heavy (non-hydrogen) atoms. The molecule has 0 atom stereocenters. The molecule has 106 valence electrons. The second-order valence-electron chi connectivity index (χ2n) is 5.74. The van der Waals surface area contributed by atoms with Gasteiger partial charge in [0.25, 0.3) is 0 Å². The van der Waals surface area contributed by atoms with Crippen molar-refractivity contribution in [3.63, 3.8) is 0 Å². The van der Waals surface area contributed by atoms with Gasteiger partial charge in [-0.1, -0.05) is 0 Å². The number of rotatable bonds is 4. The second-order valence-corrected chi connectivity index (χ2v) is 5.74. The number of aliphatic hydroxyl groups excluding tert-OH is 1. The lowest BCUT2D eigenvalue weighted by atomic mass is 9.96. The van der Waals surface area contributed by atoms with Crippen molar-refractivity contribution in [2.75, 3.05) is 38.6 Å². The topological polar surface area (TPSA) is 39.6 Å². The minimum Gasteiger partial charge on any atom is -0.392 e. The Morgan fingerprint density at radius 2 is 2.11 bits per heavy atom. The molecule has 0 amide bonds. The van der Waals surface area contributed by atoms with Crippen molar-refractivity contribution in [2.45, 2.75) is 26.4 Å². The highest BCUT2D eigenvalue weighted by Gasteiger charge is 2.19. The van der Waals surface area contributed by atoms with Crippen LogP contribution in [0.3, 0.4) is 0 Å². The van der Waals surface area contributed by atoms with Crippen molar-refractivity contribution in [3.05, 3.63) is 23.5 Å². The van der Waals surface area contributed by atoms with E-state index >= 15 is 0 Å². The van der Waals surface area contributed by atoms with Gasteiger partial charge in [0, 0.05) is 36.7 Å². The highest BCUT2D eigenvalue weighted by Crippen LogP contribution is 2.24. The highest BCUT2D eigenvalue weighted by atomic mass is 16.3. The van der Waals surface area contributed by atoms with Gasteiger partial charge in [-0.15, -0.1) is 0 Å². The van der Waals surface area contributed by atoms with Gasteiger partial charge < -0.3 is 14.9 Å². The van der Waals surface area contributed by atoms with Crippen LogP contribution < -0.4 is 4.90 Å². The molecule has 0 spiro atoms. The average Bonchev–Trinajstić information content (AvgIpc) is 2.41. The Kier molecular flexibility index (Phi) is 4.77. The fourth-order valence-corrected chi connectivity index (χ4v) is 2.78. The van der Waals surface area contributed by atoms with Crippen molar-refractivity contribution in [1.82, 2.24) is 9.88 Å². The van der Waals surface area contributed by atoms with E-state index in [9.17, 15) is 5.11 Å². The number of hydrogen-bond acceptors (Lipinski definition) is 4. The summed E-state index contributed by atoms with van der Waals surface area (Å²) < 4.78 is 0. The van der Waals surface area contributed by atoms with Gasteiger partial charge in [0.05, 0.1) is 6.61 Å². The molecule has 2 heterocycles. The third-order valence-electron chi connectivity index (χ3n) is 4.05.